The van der Waals surface area contributed by atoms with Crippen LogP contribution in [0.4, 0.5) is 0 Å². The second-order valence-electron chi connectivity index (χ2n) is 5.28. The van der Waals surface area contributed by atoms with Crippen molar-refractivity contribution in [1.82, 2.24) is 10.2 Å². The molecular weight excluding hydrogens is 335 g/mol. The number of hydrogen-bond donors (Lipinski definition) is 1. The quantitative estimate of drug-likeness (QED) is 0.753. The smallest absolute Gasteiger partial charge is 0.161 e. The topological polar surface area (TPSA) is 33.7 Å². The van der Waals surface area contributed by atoms with Crippen LogP contribution in [0.2, 0.25) is 0 Å². The predicted molar refractivity (Wildman–Crippen MR) is 101 cm³/mol. The zero-order valence-electron chi connectivity index (χ0n) is 13.9. The van der Waals surface area contributed by atoms with Crippen LogP contribution in [0.1, 0.15) is 24.4 Å². The van der Waals surface area contributed by atoms with Crippen molar-refractivity contribution in [2.75, 3.05) is 40.4 Å². The third-order valence-electron chi connectivity index (χ3n) is 4.03. The van der Waals surface area contributed by atoms with Crippen molar-refractivity contribution in [3.63, 3.8) is 0 Å². The molecule has 1 aromatic rings. The summed E-state index contributed by atoms with van der Waals surface area (Å²) in [5.41, 5.74) is 1.29. The minimum Gasteiger partial charge on any atom is -0.493 e. The molecule has 1 fully saturated rings. The number of hydrogen-bond acceptors (Lipinski definition) is 4. The van der Waals surface area contributed by atoms with E-state index in [1.807, 2.05) is 12.1 Å². The van der Waals surface area contributed by atoms with Gasteiger partial charge in [-0.25, -0.2) is 0 Å². The first-order valence-electron chi connectivity index (χ1n) is 7.57. The fourth-order valence-corrected chi connectivity index (χ4v) is 2.89. The molecule has 0 bridgehead atoms. The molecule has 0 spiro atoms. The highest BCUT2D eigenvalue weighted by Crippen LogP contribution is 2.34. The number of rotatable bonds is 7. The third-order valence-corrected chi connectivity index (χ3v) is 4.03. The van der Waals surface area contributed by atoms with E-state index in [9.17, 15) is 0 Å². The molecule has 1 aliphatic heterocycles. The molecule has 4 nitrogen and oxygen atoms in total. The Bertz CT molecular complexity index is 466. The fraction of sp³-hybridized carbons (Fsp3) is 0.529. The number of benzene rings is 1. The Balaban J connectivity index is 0.00000242. The Kier molecular flexibility index (Phi) is 11.1. The molecule has 1 saturated heterocycles. The van der Waals surface area contributed by atoms with Gasteiger partial charge in [0.05, 0.1) is 14.2 Å². The van der Waals surface area contributed by atoms with Gasteiger partial charge in [-0.05, 0) is 30.5 Å². The van der Waals surface area contributed by atoms with Crippen molar-refractivity contribution in [3.8, 4) is 11.5 Å². The first-order valence-corrected chi connectivity index (χ1v) is 7.57. The van der Waals surface area contributed by atoms with Crippen LogP contribution in [0.3, 0.4) is 0 Å². The van der Waals surface area contributed by atoms with Crippen molar-refractivity contribution in [2.45, 2.75) is 18.9 Å². The van der Waals surface area contributed by atoms with Gasteiger partial charge in [-0.15, -0.1) is 31.4 Å². The monoisotopic (exact) mass is 362 g/mol. The number of piperazine rings is 1. The summed E-state index contributed by atoms with van der Waals surface area (Å²) in [4.78, 5) is 2.54. The largest absolute Gasteiger partial charge is 0.493 e. The molecule has 0 saturated carbocycles. The van der Waals surface area contributed by atoms with Crippen LogP contribution in [0, 0.1) is 0 Å². The van der Waals surface area contributed by atoms with Gasteiger partial charge in [-0.2, -0.15) is 0 Å². The van der Waals surface area contributed by atoms with Crippen molar-refractivity contribution in [3.05, 3.63) is 36.4 Å². The van der Waals surface area contributed by atoms with E-state index in [4.69, 9.17) is 9.47 Å². The Morgan fingerprint density at radius 1 is 1.17 bits per heavy atom. The number of ether oxygens (including phenoxy) is 2. The Labute approximate surface area is 152 Å². The van der Waals surface area contributed by atoms with E-state index in [0.717, 1.165) is 50.5 Å². The highest BCUT2D eigenvalue weighted by atomic mass is 35.5. The van der Waals surface area contributed by atoms with E-state index in [2.05, 4.69) is 28.9 Å². The maximum atomic E-state index is 5.44. The second-order valence-corrected chi connectivity index (χ2v) is 5.28. The minimum absolute atomic E-state index is 0. The van der Waals surface area contributed by atoms with Gasteiger partial charge in [0.1, 0.15) is 0 Å². The summed E-state index contributed by atoms with van der Waals surface area (Å²) in [6, 6.07) is 6.66. The van der Waals surface area contributed by atoms with Crippen LogP contribution in [0.25, 0.3) is 0 Å². The predicted octanol–water partition coefficient (Wildman–Crippen LogP) is 3.46. The summed E-state index contributed by atoms with van der Waals surface area (Å²) >= 11 is 0. The molecule has 0 aliphatic carbocycles. The molecule has 23 heavy (non-hydrogen) atoms. The summed E-state index contributed by atoms with van der Waals surface area (Å²) in [7, 11) is 3.36. The lowest BCUT2D eigenvalue weighted by Crippen LogP contribution is -2.45. The van der Waals surface area contributed by atoms with E-state index in [1.54, 1.807) is 14.2 Å². The van der Waals surface area contributed by atoms with Crippen LogP contribution >= 0.6 is 24.8 Å². The van der Waals surface area contributed by atoms with Gasteiger partial charge in [0.25, 0.3) is 0 Å². The molecule has 1 aromatic carbocycles. The maximum Gasteiger partial charge on any atom is 0.161 e. The lowest BCUT2D eigenvalue weighted by atomic mass is 9.99. The molecule has 0 radical (unpaired) electrons. The fourth-order valence-electron chi connectivity index (χ4n) is 2.89. The zero-order valence-corrected chi connectivity index (χ0v) is 15.5. The molecule has 1 aliphatic rings. The number of methoxy groups -OCH3 is 2. The number of nitrogens with one attached hydrogen (secondary N) is 1. The molecular formula is C17H28Cl2N2O2. The molecule has 0 unspecified atom stereocenters. The molecule has 0 aromatic heterocycles. The highest BCUT2D eigenvalue weighted by molar-refractivity contribution is 5.85. The van der Waals surface area contributed by atoms with Crippen molar-refractivity contribution >= 4 is 24.8 Å². The van der Waals surface area contributed by atoms with Crippen molar-refractivity contribution in [2.24, 2.45) is 0 Å². The van der Waals surface area contributed by atoms with Gasteiger partial charge in [0.2, 0.25) is 0 Å². The number of allylic oxidation sites excluding steroid dienone is 1. The van der Waals surface area contributed by atoms with E-state index in [0.29, 0.717) is 6.04 Å². The molecule has 0 amide bonds. The SMILES string of the molecule is C=CCC[C@H](c1ccc(OC)c(OC)c1)N1CCNCC1.Cl.Cl. The van der Waals surface area contributed by atoms with Crippen LogP contribution in [-0.4, -0.2) is 45.3 Å². The summed E-state index contributed by atoms with van der Waals surface area (Å²) in [5, 5.41) is 3.41. The first-order chi connectivity index (χ1) is 10.3. The number of nitrogens with zero attached hydrogens (tertiary/aromatic N) is 1. The van der Waals surface area contributed by atoms with Gasteiger partial charge in [0, 0.05) is 32.2 Å². The summed E-state index contributed by atoms with van der Waals surface area (Å²) in [6.45, 7) is 8.12. The highest BCUT2D eigenvalue weighted by Gasteiger charge is 2.22. The Morgan fingerprint density at radius 3 is 2.39 bits per heavy atom. The molecule has 2 rings (SSSR count). The van der Waals surface area contributed by atoms with Gasteiger partial charge in [0.15, 0.2) is 11.5 Å². The van der Waals surface area contributed by atoms with E-state index in [1.165, 1.54) is 5.56 Å². The van der Waals surface area contributed by atoms with E-state index in [-0.39, 0.29) is 24.8 Å². The van der Waals surface area contributed by atoms with Gasteiger partial charge >= 0.3 is 0 Å². The van der Waals surface area contributed by atoms with Gasteiger partial charge in [-0.1, -0.05) is 12.1 Å². The van der Waals surface area contributed by atoms with Crippen molar-refractivity contribution in [1.29, 1.82) is 0 Å². The zero-order chi connectivity index (χ0) is 15.1. The molecule has 6 heteroatoms. The molecule has 1 N–H and O–H groups in total. The Hall–Kier alpha value is -0.940. The lowest BCUT2D eigenvalue weighted by Gasteiger charge is -2.35. The van der Waals surface area contributed by atoms with Crippen molar-refractivity contribution < 1.29 is 9.47 Å². The first kappa shape index (κ1) is 22.1. The lowest BCUT2D eigenvalue weighted by molar-refractivity contribution is 0.166. The van der Waals surface area contributed by atoms with E-state index >= 15 is 0 Å². The standard InChI is InChI=1S/C17H26N2O2.2ClH/c1-4-5-6-15(19-11-9-18-10-12-19)14-7-8-16(20-2)17(13-14)21-3;;/h4,7-8,13,15,18H,1,5-6,9-12H2,2-3H3;2*1H/t15-;;/m1../s1. The average Bonchev–Trinajstić information content (AvgIpc) is 2.56. The summed E-state index contributed by atoms with van der Waals surface area (Å²) in [5.74, 6) is 1.58. The van der Waals surface area contributed by atoms with Gasteiger partial charge in [-0.3, -0.25) is 4.90 Å². The second kappa shape index (κ2) is 11.6. The summed E-state index contributed by atoms with van der Waals surface area (Å²) in [6.07, 6.45) is 4.10. The van der Waals surface area contributed by atoms with Crippen LogP contribution in [0.5, 0.6) is 11.5 Å². The van der Waals surface area contributed by atoms with Gasteiger partial charge < -0.3 is 14.8 Å². The maximum absolute atomic E-state index is 5.44. The normalized spacial score (nSPS) is 15.7. The minimum atomic E-state index is 0. The third kappa shape index (κ3) is 5.88. The Morgan fingerprint density at radius 2 is 1.83 bits per heavy atom. The van der Waals surface area contributed by atoms with Crippen LogP contribution < -0.4 is 14.8 Å². The molecule has 132 valence electrons. The van der Waals surface area contributed by atoms with E-state index < -0.39 is 0 Å². The molecule has 1 atom stereocenters. The summed E-state index contributed by atoms with van der Waals surface area (Å²) < 4.78 is 10.8. The van der Waals surface area contributed by atoms with Crippen LogP contribution in [-0.2, 0) is 0 Å². The average molecular weight is 363 g/mol. The van der Waals surface area contributed by atoms with Crippen LogP contribution in [0.15, 0.2) is 30.9 Å². The molecule has 1 heterocycles. The number of halogens is 2.